The van der Waals surface area contributed by atoms with Gasteiger partial charge in [0.2, 0.25) is 0 Å². The average molecular weight is 292 g/mol. The lowest BCUT2D eigenvalue weighted by Gasteiger charge is -2.12. The third kappa shape index (κ3) is 4.73. The van der Waals surface area contributed by atoms with Crippen molar-refractivity contribution in [2.75, 3.05) is 27.4 Å². The average Bonchev–Trinajstić information content (AvgIpc) is 2.41. The highest BCUT2D eigenvalue weighted by Crippen LogP contribution is 2.29. The van der Waals surface area contributed by atoms with Crippen LogP contribution in [0.15, 0.2) is 18.2 Å². The summed E-state index contributed by atoms with van der Waals surface area (Å²) >= 11 is 0. The monoisotopic (exact) mass is 292 g/mol. The summed E-state index contributed by atoms with van der Waals surface area (Å²) in [5.41, 5.74) is 0.202. The molecular formula is C13H15F3O4. The number of hydrogen-bond donors (Lipinski definition) is 0. The van der Waals surface area contributed by atoms with E-state index < -0.39 is 18.6 Å². The number of rotatable bonds is 7. The van der Waals surface area contributed by atoms with E-state index in [9.17, 15) is 18.0 Å². The first-order chi connectivity index (χ1) is 9.39. The summed E-state index contributed by atoms with van der Waals surface area (Å²) in [5, 5.41) is 0. The molecule has 0 aliphatic rings. The molecule has 0 amide bonds. The van der Waals surface area contributed by atoms with E-state index in [2.05, 4.69) is 4.74 Å². The van der Waals surface area contributed by atoms with E-state index in [0.717, 1.165) is 0 Å². The Morgan fingerprint density at radius 3 is 2.15 bits per heavy atom. The van der Waals surface area contributed by atoms with Crippen LogP contribution in [0.5, 0.6) is 11.5 Å². The number of carbonyl (C=O) groups is 1. The van der Waals surface area contributed by atoms with Crippen molar-refractivity contribution in [1.82, 2.24) is 0 Å². The molecule has 0 heterocycles. The number of alkyl halides is 3. The molecule has 7 heteroatoms. The summed E-state index contributed by atoms with van der Waals surface area (Å²) in [5.74, 6) is 0.219. The maximum absolute atomic E-state index is 12.0. The van der Waals surface area contributed by atoms with Gasteiger partial charge in [-0.25, -0.2) is 0 Å². The molecule has 4 nitrogen and oxygen atoms in total. The van der Waals surface area contributed by atoms with Crippen molar-refractivity contribution in [3.63, 3.8) is 0 Å². The number of ether oxygens (including phenoxy) is 3. The summed E-state index contributed by atoms with van der Waals surface area (Å²) in [6, 6.07) is 4.80. The Kier molecular flexibility index (Phi) is 5.82. The smallest absolute Gasteiger partial charge is 0.411 e. The Morgan fingerprint density at radius 1 is 1.15 bits per heavy atom. The number of hydrogen-bond acceptors (Lipinski definition) is 4. The highest BCUT2D eigenvalue weighted by molar-refractivity contribution is 6.01. The molecule has 20 heavy (non-hydrogen) atoms. The Hall–Kier alpha value is -1.76. The van der Waals surface area contributed by atoms with E-state index in [1.165, 1.54) is 14.2 Å². The van der Waals surface area contributed by atoms with Gasteiger partial charge in [-0.05, 0) is 12.1 Å². The van der Waals surface area contributed by atoms with Crippen LogP contribution in [0.2, 0.25) is 0 Å². The van der Waals surface area contributed by atoms with Gasteiger partial charge in [-0.3, -0.25) is 4.79 Å². The van der Waals surface area contributed by atoms with Gasteiger partial charge in [0.05, 0.1) is 20.8 Å². The van der Waals surface area contributed by atoms with Crippen molar-refractivity contribution in [1.29, 1.82) is 0 Å². The van der Waals surface area contributed by atoms with Gasteiger partial charge < -0.3 is 14.2 Å². The second-order valence-electron chi connectivity index (χ2n) is 3.88. The van der Waals surface area contributed by atoms with Crippen molar-refractivity contribution < 1.29 is 32.2 Å². The molecular weight excluding hydrogens is 277 g/mol. The largest absolute Gasteiger partial charge is 0.496 e. The molecule has 0 saturated heterocycles. The number of ketones is 1. The second kappa shape index (κ2) is 7.14. The molecule has 0 bridgehead atoms. The van der Waals surface area contributed by atoms with Crippen LogP contribution < -0.4 is 9.47 Å². The predicted molar refractivity (Wildman–Crippen MR) is 65.4 cm³/mol. The molecule has 0 saturated carbocycles. The van der Waals surface area contributed by atoms with Crippen molar-refractivity contribution in [2.24, 2.45) is 0 Å². The lowest BCUT2D eigenvalue weighted by molar-refractivity contribution is -0.173. The fourth-order valence-corrected chi connectivity index (χ4v) is 1.60. The van der Waals surface area contributed by atoms with E-state index >= 15 is 0 Å². The van der Waals surface area contributed by atoms with Crippen LogP contribution in [0.25, 0.3) is 0 Å². The van der Waals surface area contributed by atoms with Crippen LogP contribution in [0, 0.1) is 0 Å². The van der Waals surface area contributed by atoms with Gasteiger partial charge >= 0.3 is 6.18 Å². The summed E-state index contributed by atoms with van der Waals surface area (Å²) in [7, 11) is 2.79. The van der Waals surface area contributed by atoms with Gasteiger partial charge in [0.15, 0.2) is 5.78 Å². The van der Waals surface area contributed by atoms with Gasteiger partial charge in [0.25, 0.3) is 0 Å². The van der Waals surface area contributed by atoms with Gasteiger partial charge in [0.1, 0.15) is 23.7 Å². The Bertz CT molecular complexity index is 435. The van der Waals surface area contributed by atoms with E-state index in [0.29, 0.717) is 11.5 Å². The van der Waals surface area contributed by atoms with Crippen LogP contribution in [0.1, 0.15) is 16.8 Å². The Morgan fingerprint density at radius 2 is 1.70 bits per heavy atom. The molecule has 0 N–H and O–H groups in total. The number of benzene rings is 1. The summed E-state index contributed by atoms with van der Waals surface area (Å²) < 4.78 is 50.2. The SMILES string of the molecule is COc1cccc(OC)c1C(=O)CCOCC(F)(F)F. The topological polar surface area (TPSA) is 44.8 Å². The quantitative estimate of drug-likeness (QED) is 0.572. The maximum Gasteiger partial charge on any atom is 0.411 e. The standard InChI is InChI=1S/C13H15F3O4/c1-18-10-4-3-5-11(19-2)12(10)9(17)6-7-20-8-13(14,15)16/h3-5H,6-8H2,1-2H3. The van der Waals surface area contributed by atoms with E-state index in [1.807, 2.05) is 0 Å². The lowest BCUT2D eigenvalue weighted by atomic mass is 10.1. The Labute approximate surface area is 114 Å². The minimum atomic E-state index is -4.40. The molecule has 1 rings (SSSR count). The zero-order valence-electron chi connectivity index (χ0n) is 11.1. The highest BCUT2D eigenvalue weighted by atomic mass is 19.4. The van der Waals surface area contributed by atoms with Crippen molar-refractivity contribution in [3.05, 3.63) is 23.8 Å². The lowest BCUT2D eigenvalue weighted by Crippen LogP contribution is -2.18. The zero-order chi connectivity index (χ0) is 15.2. The number of carbonyl (C=O) groups excluding carboxylic acids is 1. The highest BCUT2D eigenvalue weighted by Gasteiger charge is 2.27. The number of methoxy groups -OCH3 is 2. The molecule has 0 aromatic heterocycles. The minimum Gasteiger partial charge on any atom is -0.496 e. The van der Waals surface area contributed by atoms with E-state index in [4.69, 9.17) is 9.47 Å². The van der Waals surface area contributed by atoms with Crippen molar-refractivity contribution in [3.8, 4) is 11.5 Å². The molecule has 0 aliphatic carbocycles. The van der Waals surface area contributed by atoms with Crippen LogP contribution >= 0.6 is 0 Å². The minimum absolute atomic E-state index is 0.188. The summed E-state index contributed by atoms with van der Waals surface area (Å²) in [6.45, 7) is -1.69. The van der Waals surface area contributed by atoms with Crippen LogP contribution in [-0.2, 0) is 4.74 Å². The zero-order valence-corrected chi connectivity index (χ0v) is 11.1. The van der Waals surface area contributed by atoms with E-state index in [-0.39, 0.29) is 18.6 Å². The Balaban J connectivity index is 2.68. The molecule has 1 aromatic carbocycles. The molecule has 0 fully saturated rings. The summed E-state index contributed by atoms with van der Waals surface area (Å²) in [4.78, 5) is 12.0. The third-order valence-corrected chi connectivity index (χ3v) is 2.45. The molecule has 112 valence electrons. The normalized spacial score (nSPS) is 11.2. The van der Waals surface area contributed by atoms with Crippen LogP contribution in [0.3, 0.4) is 0 Å². The molecule has 1 aromatic rings. The fraction of sp³-hybridized carbons (Fsp3) is 0.462. The van der Waals surface area contributed by atoms with Crippen LogP contribution in [-0.4, -0.2) is 39.4 Å². The van der Waals surface area contributed by atoms with Gasteiger partial charge in [-0.15, -0.1) is 0 Å². The second-order valence-corrected chi connectivity index (χ2v) is 3.88. The predicted octanol–water partition coefficient (Wildman–Crippen LogP) is 2.86. The van der Waals surface area contributed by atoms with Gasteiger partial charge in [-0.1, -0.05) is 6.07 Å². The van der Waals surface area contributed by atoms with Crippen LogP contribution in [0.4, 0.5) is 13.2 Å². The molecule has 0 radical (unpaired) electrons. The summed E-state index contributed by atoms with van der Waals surface area (Å²) in [6.07, 6.45) is -4.59. The molecule has 0 aliphatic heterocycles. The maximum atomic E-state index is 12.0. The first-order valence-corrected chi connectivity index (χ1v) is 5.77. The third-order valence-electron chi connectivity index (χ3n) is 2.45. The van der Waals surface area contributed by atoms with Crippen molar-refractivity contribution >= 4 is 5.78 Å². The van der Waals surface area contributed by atoms with Crippen molar-refractivity contribution in [2.45, 2.75) is 12.6 Å². The number of halogens is 3. The molecule has 0 spiro atoms. The number of Topliss-reactive ketones (excluding diaryl/α,β-unsaturated/α-hetero) is 1. The van der Waals surface area contributed by atoms with Gasteiger partial charge in [-0.2, -0.15) is 13.2 Å². The fourth-order valence-electron chi connectivity index (χ4n) is 1.60. The molecule has 0 unspecified atom stereocenters. The first-order valence-electron chi connectivity index (χ1n) is 5.77. The molecule has 0 atom stereocenters. The first kappa shape index (κ1) is 16.3. The van der Waals surface area contributed by atoms with Gasteiger partial charge in [0, 0.05) is 6.42 Å². The van der Waals surface area contributed by atoms with E-state index in [1.54, 1.807) is 18.2 Å².